The van der Waals surface area contributed by atoms with Crippen LogP contribution in [0, 0.1) is 19.8 Å². The first-order valence-electron chi connectivity index (χ1n) is 8.22. The summed E-state index contributed by atoms with van der Waals surface area (Å²) in [5, 5.41) is 3.76. The smallest absolute Gasteiger partial charge is 0.0236 e. The zero-order valence-corrected chi connectivity index (χ0v) is 14.2. The summed E-state index contributed by atoms with van der Waals surface area (Å²) in [6.45, 7) is 9.30. The van der Waals surface area contributed by atoms with E-state index in [0.29, 0.717) is 0 Å². The van der Waals surface area contributed by atoms with Crippen LogP contribution in [0.15, 0.2) is 18.2 Å². The average Bonchev–Trinajstić information content (AvgIpc) is 3.25. The number of likely N-dealkylation sites (tertiary alicyclic amines) is 1. The third-order valence-corrected chi connectivity index (χ3v) is 4.87. The summed E-state index contributed by atoms with van der Waals surface area (Å²) < 4.78 is 0. The summed E-state index contributed by atoms with van der Waals surface area (Å²) >= 11 is 0. The van der Waals surface area contributed by atoms with Gasteiger partial charge in [0.15, 0.2) is 0 Å². The molecule has 1 aliphatic carbocycles. The summed E-state index contributed by atoms with van der Waals surface area (Å²) in [5.74, 6) is 1.00. The summed E-state index contributed by atoms with van der Waals surface area (Å²) in [4.78, 5) is 2.62. The minimum absolute atomic E-state index is 0. The van der Waals surface area contributed by atoms with Crippen molar-refractivity contribution in [1.82, 2.24) is 10.2 Å². The molecule has 0 spiro atoms. The van der Waals surface area contributed by atoms with Crippen LogP contribution in [0.25, 0.3) is 0 Å². The Kier molecular flexibility index (Phi) is 6.09. The Morgan fingerprint density at radius 1 is 1.10 bits per heavy atom. The lowest BCUT2D eigenvalue weighted by atomic mass is 10.0. The van der Waals surface area contributed by atoms with Crippen molar-refractivity contribution >= 4 is 12.4 Å². The molecular weight excluding hydrogens is 280 g/mol. The normalized spacial score (nSPS) is 20.3. The van der Waals surface area contributed by atoms with Crippen LogP contribution in [-0.2, 0) is 6.54 Å². The highest BCUT2D eigenvalue weighted by molar-refractivity contribution is 5.85. The molecule has 0 atom stereocenters. The molecule has 1 saturated carbocycles. The maximum absolute atomic E-state index is 3.76. The Morgan fingerprint density at radius 2 is 1.81 bits per heavy atom. The topological polar surface area (TPSA) is 15.3 Å². The van der Waals surface area contributed by atoms with E-state index in [4.69, 9.17) is 0 Å². The highest BCUT2D eigenvalue weighted by Gasteiger charge is 2.24. The van der Waals surface area contributed by atoms with E-state index < -0.39 is 0 Å². The van der Waals surface area contributed by atoms with Crippen LogP contribution in [0.1, 0.15) is 42.4 Å². The van der Waals surface area contributed by atoms with Crippen LogP contribution in [0.4, 0.5) is 0 Å². The van der Waals surface area contributed by atoms with Gasteiger partial charge in [0.25, 0.3) is 0 Å². The van der Waals surface area contributed by atoms with E-state index in [1.807, 2.05) is 0 Å². The molecule has 0 aromatic heterocycles. The molecule has 1 aromatic carbocycles. The van der Waals surface area contributed by atoms with Gasteiger partial charge < -0.3 is 5.32 Å². The largest absolute Gasteiger partial charge is 0.314 e. The number of hydrogen-bond donors (Lipinski definition) is 1. The number of rotatable bonds is 5. The molecule has 1 aromatic rings. The summed E-state index contributed by atoms with van der Waals surface area (Å²) in [7, 11) is 0. The standard InChI is InChI=1S/C18H28N2.ClH/c1-14-3-6-17(15(2)11-14)13-20-9-7-18(8-10-20)19-12-16-4-5-16;/h3,6,11,16,18-19H,4-5,7-10,12-13H2,1-2H3;1H. The SMILES string of the molecule is Cc1ccc(CN2CCC(NCC3CC3)CC2)c(C)c1.Cl. The maximum Gasteiger partial charge on any atom is 0.0236 e. The fraction of sp³-hybridized carbons (Fsp3) is 0.667. The Bertz CT molecular complexity index is 449. The predicted molar refractivity (Wildman–Crippen MR) is 92.2 cm³/mol. The number of nitrogens with one attached hydrogen (secondary N) is 1. The Labute approximate surface area is 135 Å². The van der Waals surface area contributed by atoms with Crippen molar-refractivity contribution in [2.75, 3.05) is 19.6 Å². The van der Waals surface area contributed by atoms with E-state index in [1.54, 1.807) is 0 Å². The molecule has 2 fully saturated rings. The highest BCUT2D eigenvalue weighted by atomic mass is 35.5. The number of benzene rings is 1. The second-order valence-electron chi connectivity index (χ2n) is 6.83. The first-order chi connectivity index (χ1) is 9.70. The molecular formula is C18H29ClN2. The summed E-state index contributed by atoms with van der Waals surface area (Å²) in [6.07, 6.45) is 5.55. The first kappa shape index (κ1) is 16.8. The molecule has 0 amide bonds. The third-order valence-electron chi connectivity index (χ3n) is 4.87. The van der Waals surface area contributed by atoms with Gasteiger partial charge in [-0.05, 0) is 76.2 Å². The van der Waals surface area contributed by atoms with E-state index in [2.05, 4.69) is 42.3 Å². The Balaban J connectivity index is 0.00000161. The van der Waals surface area contributed by atoms with Gasteiger partial charge in [0.2, 0.25) is 0 Å². The first-order valence-corrected chi connectivity index (χ1v) is 8.22. The molecule has 0 unspecified atom stereocenters. The van der Waals surface area contributed by atoms with Crippen molar-refractivity contribution in [3.8, 4) is 0 Å². The van der Waals surface area contributed by atoms with Crippen LogP contribution in [-0.4, -0.2) is 30.6 Å². The fourth-order valence-electron chi connectivity index (χ4n) is 3.21. The van der Waals surface area contributed by atoms with Crippen molar-refractivity contribution in [3.05, 3.63) is 34.9 Å². The van der Waals surface area contributed by atoms with E-state index in [-0.39, 0.29) is 12.4 Å². The molecule has 1 aliphatic heterocycles. The monoisotopic (exact) mass is 308 g/mol. The van der Waals surface area contributed by atoms with Crippen LogP contribution < -0.4 is 5.32 Å². The van der Waals surface area contributed by atoms with Gasteiger partial charge in [0.1, 0.15) is 0 Å². The van der Waals surface area contributed by atoms with Gasteiger partial charge in [-0.2, -0.15) is 0 Å². The predicted octanol–water partition coefficient (Wildman–Crippen LogP) is 3.69. The van der Waals surface area contributed by atoms with Gasteiger partial charge in [-0.1, -0.05) is 23.8 Å². The lowest BCUT2D eigenvalue weighted by Crippen LogP contribution is -2.42. The van der Waals surface area contributed by atoms with Crippen molar-refractivity contribution in [2.24, 2.45) is 5.92 Å². The zero-order chi connectivity index (χ0) is 13.9. The minimum Gasteiger partial charge on any atom is -0.314 e. The molecule has 21 heavy (non-hydrogen) atoms. The zero-order valence-electron chi connectivity index (χ0n) is 13.4. The van der Waals surface area contributed by atoms with Gasteiger partial charge in [-0.3, -0.25) is 4.90 Å². The number of halogens is 1. The summed E-state index contributed by atoms with van der Waals surface area (Å²) in [6, 6.07) is 7.62. The van der Waals surface area contributed by atoms with Crippen LogP contribution in [0.3, 0.4) is 0 Å². The lowest BCUT2D eigenvalue weighted by molar-refractivity contribution is 0.190. The van der Waals surface area contributed by atoms with E-state index in [1.165, 1.54) is 62.0 Å². The summed E-state index contributed by atoms with van der Waals surface area (Å²) in [5.41, 5.74) is 4.31. The third kappa shape index (κ3) is 4.98. The van der Waals surface area contributed by atoms with E-state index in [0.717, 1.165) is 18.5 Å². The van der Waals surface area contributed by atoms with Crippen molar-refractivity contribution < 1.29 is 0 Å². The molecule has 1 N–H and O–H groups in total. The van der Waals surface area contributed by atoms with Gasteiger partial charge >= 0.3 is 0 Å². The van der Waals surface area contributed by atoms with Gasteiger partial charge in [0, 0.05) is 12.6 Å². The lowest BCUT2D eigenvalue weighted by Gasteiger charge is -2.33. The number of piperidine rings is 1. The van der Waals surface area contributed by atoms with Crippen LogP contribution in [0.2, 0.25) is 0 Å². The molecule has 3 heteroatoms. The molecule has 118 valence electrons. The molecule has 1 saturated heterocycles. The molecule has 3 rings (SSSR count). The van der Waals surface area contributed by atoms with Gasteiger partial charge in [-0.15, -0.1) is 12.4 Å². The quantitative estimate of drug-likeness (QED) is 0.892. The van der Waals surface area contributed by atoms with Crippen LogP contribution in [0.5, 0.6) is 0 Å². The van der Waals surface area contributed by atoms with Crippen molar-refractivity contribution in [2.45, 2.75) is 52.1 Å². The highest BCUT2D eigenvalue weighted by Crippen LogP contribution is 2.28. The number of aryl methyl sites for hydroxylation is 2. The van der Waals surface area contributed by atoms with Crippen molar-refractivity contribution in [3.63, 3.8) is 0 Å². The number of hydrogen-bond acceptors (Lipinski definition) is 2. The minimum atomic E-state index is 0. The molecule has 2 aliphatic rings. The second-order valence-corrected chi connectivity index (χ2v) is 6.83. The van der Waals surface area contributed by atoms with E-state index in [9.17, 15) is 0 Å². The molecule has 1 heterocycles. The average molecular weight is 309 g/mol. The Morgan fingerprint density at radius 3 is 2.43 bits per heavy atom. The fourth-order valence-corrected chi connectivity index (χ4v) is 3.21. The van der Waals surface area contributed by atoms with Crippen molar-refractivity contribution in [1.29, 1.82) is 0 Å². The van der Waals surface area contributed by atoms with Gasteiger partial charge in [0.05, 0.1) is 0 Å². The maximum atomic E-state index is 3.76. The van der Waals surface area contributed by atoms with E-state index >= 15 is 0 Å². The van der Waals surface area contributed by atoms with Crippen LogP contribution >= 0.6 is 12.4 Å². The van der Waals surface area contributed by atoms with Gasteiger partial charge in [-0.25, -0.2) is 0 Å². The molecule has 0 bridgehead atoms. The Hall–Kier alpha value is -0.570. The molecule has 2 nitrogen and oxygen atoms in total. The number of nitrogens with zero attached hydrogens (tertiary/aromatic N) is 1. The molecule has 0 radical (unpaired) electrons. The second kappa shape index (κ2) is 7.62.